The van der Waals surface area contributed by atoms with Crippen LogP contribution < -0.4 is 10.9 Å². The van der Waals surface area contributed by atoms with Crippen molar-refractivity contribution in [3.05, 3.63) is 68.6 Å². The van der Waals surface area contributed by atoms with Gasteiger partial charge in [0.2, 0.25) is 5.91 Å². The van der Waals surface area contributed by atoms with Gasteiger partial charge in [0.25, 0.3) is 5.56 Å². The van der Waals surface area contributed by atoms with Gasteiger partial charge in [-0.25, -0.2) is 0 Å². The second-order valence-corrected chi connectivity index (χ2v) is 6.09. The van der Waals surface area contributed by atoms with Crippen molar-refractivity contribution in [3.8, 4) is 6.07 Å². The minimum Gasteiger partial charge on any atom is -0.460 e. The molecule has 2 rings (SSSR count). The molecule has 0 unspecified atom stereocenters. The minimum atomic E-state index is -0.518. The number of carbonyl (C=O) groups excluding carboxylic acids is 2. The van der Waals surface area contributed by atoms with Crippen molar-refractivity contribution in [2.45, 2.75) is 33.3 Å². The number of esters is 1. The first kappa shape index (κ1) is 19.9. The number of ether oxygens (including phenoxy) is 1. The summed E-state index contributed by atoms with van der Waals surface area (Å²) in [6, 6.07) is 11.1. The van der Waals surface area contributed by atoms with E-state index in [9.17, 15) is 14.4 Å². The highest BCUT2D eigenvalue weighted by Gasteiger charge is 2.14. The molecule has 1 heterocycles. The Balaban J connectivity index is 1.82. The molecule has 1 aromatic heterocycles. The van der Waals surface area contributed by atoms with Gasteiger partial charge >= 0.3 is 5.97 Å². The van der Waals surface area contributed by atoms with Gasteiger partial charge in [-0.15, -0.1) is 0 Å². The summed E-state index contributed by atoms with van der Waals surface area (Å²) < 4.78 is 5.09. The summed E-state index contributed by atoms with van der Waals surface area (Å²) in [5.74, 6) is -0.828. The molecule has 2 N–H and O–H groups in total. The molecule has 7 heteroatoms. The molecule has 0 spiro atoms. The van der Waals surface area contributed by atoms with E-state index in [-0.39, 0.29) is 31.0 Å². The van der Waals surface area contributed by atoms with Gasteiger partial charge in [-0.05, 0) is 37.0 Å². The number of hydrogen-bond acceptors (Lipinski definition) is 5. The Morgan fingerprint density at radius 1 is 1.22 bits per heavy atom. The Bertz CT molecular complexity index is 927. The van der Waals surface area contributed by atoms with Crippen LogP contribution in [0.2, 0.25) is 0 Å². The van der Waals surface area contributed by atoms with Crippen LogP contribution in [-0.4, -0.2) is 23.4 Å². The highest BCUT2D eigenvalue weighted by molar-refractivity contribution is 5.82. The minimum absolute atomic E-state index is 0.0560. The van der Waals surface area contributed by atoms with E-state index in [2.05, 4.69) is 10.3 Å². The van der Waals surface area contributed by atoms with E-state index >= 15 is 0 Å². The molecule has 140 valence electrons. The number of nitrogens with zero attached hydrogens (tertiary/aromatic N) is 1. The SMILES string of the molecule is Cc1[nH]c(=O)c(C#N)c(C)c1CCC(=O)NCC(=O)OCc1ccccc1. The number of benzene rings is 1. The Morgan fingerprint density at radius 2 is 1.93 bits per heavy atom. The Kier molecular flexibility index (Phi) is 6.89. The zero-order valence-electron chi connectivity index (χ0n) is 15.3. The summed E-state index contributed by atoms with van der Waals surface area (Å²) >= 11 is 0. The fourth-order valence-corrected chi connectivity index (χ4v) is 2.71. The van der Waals surface area contributed by atoms with Crippen LogP contribution >= 0.6 is 0 Å². The third-order valence-electron chi connectivity index (χ3n) is 4.19. The van der Waals surface area contributed by atoms with Crippen LogP contribution in [0.25, 0.3) is 0 Å². The lowest BCUT2D eigenvalue weighted by Crippen LogP contribution is -2.31. The van der Waals surface area contributed by atoms with Gasteiger partial charge in [-0.3, -0.25) is 14.4 Å². The van der Waals surface area contributed by atoms with Gasteiger partial charge in [0, 0.05) is 12.1 Å². The largest absolute Gasteiger partial charge is 0.460 e. The number of nitriles is 1. The van der Waals surface area contributed by atoms with Crippen molar-refractivity contribution in [2.24, 2.45) is 0 Å². The number of hydrogen-bond donors (Lipinski definition) is 2. The second kappa shape index (κ2) is 9.34. The number of rotatable bonds is 7. The highest BCUT2D eigenvalue weighted by Crippen LogP contribution is 2.14. The molecule has 2 aromatic rings. The molecular weight excluding hydrogens is 346 g/mol. The molecule has 0 fully saturated rings. The van der Waals surface area contributed by atoms with Crippen LogP contribution in [0.5, 0.6) is 0 Å². The number of aromatic nitrogens is 1. The molecule has 0 radical (unpaired) electrons. The molecule has 0 atom stereocenters. The first-order valence-corrected chi connectivity index (χ1v) is 8.51. The van der Waals surface area contributed by atoms with Gasteiger partial charge in [0.05, 0.1) is 0 Å². The number of pyridine rings is 1. The maximum Gasteiger partial charge on any atom is 0.325 e. The monoisotopic (exact) mass is 367 g/mol. The molecule has 0 saturated heterocycles. The van der Waals surface area contributed by atoms with Crippen LogP contribution in [0.1, 0.15) is 34.4 Å². The molecule has 1 amide bonds. The normalized spacial score (nSPS) is 10.1. The lowest BCUT2D eigenvalue weighted by molar-refractivity contribution is -0.145. The number of H-pyrrole nitrogens is 1. The molecule has 1 aromatic carbocycles. The van der Waals surface area contributed by atoms with Crippen LogP contribution in [0.3, 0.4) is 0 Å². The van der Waals surface area contributed by atoms with Crippen molar-refractivity contribution in [1.29, 1.82) is 5.26 Å². The number of amides is 1. The van der Waals surface area contributed by atoms with E-state index in [0.717, 1.165) is 11.1 Å². The highest BCUT2D eigenvalue weighted by atomic mass is 16.5. The molecule has 0 aliphatic carbocycles. The summed E-state index contributed by atoms with van der Waals surface area (Å²) in [5, 5.41) is 11.6. The zero-order valence-corrected chi connectivity index (χ0v) is 15.3. The van der Waals surface area contributed by atoms with E-state index in [0.29, 0.717) is 17.7 Å². The summed E-state index contributed by atoms with van der Waals surface area (Å²) in [7, 11) is 0. The smallest absolute Gasteiger partial charge is 0.325 e. The second-order valence-electron chi connectivity index (χ2n) is 6.09. The molecule has 0 aliphatic rings. The van der Waals surface area contributed by atoms with Gasteiger partial charge in [0.15, 0.2) is 0 Å². The van der Waals surface area contributed by atoms with E-state index in [4.69, 9.17) is 10.00 Å². The maximum atomic E-state index is 12.0. The standard InChI is InChI=1S/C20H21N3O4/c1-13-16(14(2)23-20(26)17(13)10-21)8-9-18(24)22-11-19(25)27-12-15-6-4-3-5-7-15/h3-7H,8-9,11-12H2,1-2H3,(H,22,24)(H,23,26). The first-order valence-electron chi connectivity index (χ1n) is 8.51. The molecule has 0 aliphatic heterocycles. The number of carbonyl (C=O) groups is 2. The molecule has 7 nitrogen and oxygen atoms in total. The average Bonchev–Trinajstić information content (AvgIpc) is 2.65. The lowest BCUT2D eigenvalue weighted by Gasteiger charge is -2.11. The molecular formula is C20H21N3O4. The van der Waals surface area contributed by atoms with Gasteiger partial charge in [-0.1, -0.05) is 30.3 Å². The third kappa shape index (κ3) is 5.54. The fourth-order valence-electron chi connectivity index (χ4n) is 2.71. The van der Waals surface area contributed by atoms with Gasteiger partial charge in [-0.2, -0.15) is 5.26 Å². The van der Waals surface area contributed by atoms with Gasteiger partial charge < -0.3 is 15.0 Å². The van der Waals surface area contributed by atoms with Crippen LogP contribution in [0.15, 0.2) is 35.1 Å². The van der Waals surface area contributed by atoms with E-state index < -0.39 is 11.5 Å². The van der Waals surface area contributed by atoms with Crippen molar-refractivity contribution >= 4 is 11.9 Å². The first-order chi connectivity index (χ1) is 12.9. The number of nitrogens with one attached hydrogen (secondary N) is 2. The topological polar surface area (TPSA) is 112 Å². The summed E-state index contributed by atoms with van der Waals surface area (Å²) in [4.78, 5) is 38.0. The van der Waals surface area contributed by atoms with Crippen LogP contribution in [0, 0.1) is 25.2 Å². The van der Waals surface area contributed by atoms with Gasteiger partial charge in [0.1, 0.15) is 24.8 Å². The van der Waals surface area contributed by atoms with Crippen molar-refractivity contribution < 1.29 is 14.3 Å². The maximum absolute atomic E-state index is 12.0. The predicted octanol–water partition coefficient (Wildman–Crippen LogP) is 1.66. The summed E-state index contributed by atoms with van der Waals surface area (Å²) in [6.07, 6.45) is 0.485. The predicted molar refractivity (Wildman–Crippen MR) is 98.8 cm³/mol. The van der Waals surface area contributed by atoms with Crippen molar-refractivity contribution in [3.63, 3.8) is 0 Å². The molecule has 27 heavy (non-hydrogen) atoms. The summed E-state index contributed by atoms with van der Waals surface area (Å²) in [5.41, 5.74) is 2.46. The van der Waals surface area contributed by atoms with E-state index in [1.807, 2.05) is 36.4 Å². The molecule has 0 saturated carbocycles. The number of aryl methyl sites for hydroxylation is 1. The third-order valence-corrected chi connectivity index (χ3v) is 4.19. The Hall–Kier alpha value is -3.40. The van der Waals surface area contributed by atoms with E-state index in [1.54, 1.807) is 13.8 Å². The Labute approximate surface area is 157 Å². The average molecular weight is 367 g/mol. The van der Waals surface area contributed by atoms with E-state index in [1.165, 1.54) is 0 Å². The Morgan fingerprint density at radius 3 is 2.59 bits per heavy atom. The van der Waals surface area contributed by atoms with Crippen molar-refractivity contribution in [1.82, 2.24) is 10.3 Å². The number of aromatic amines is 1. The lowest BCUT2D eigenvalue weighted by atomic mass is 9.99. The van der Waals surface area contributed by atoms with Crippen LogP contribution in [-0.2, 0) is 27.4 Å². The molecule has 0 bridgehead atoms. The zero-order chi connectivity index (χ0) is 19.8. The van der Waals surface area contributed by atoms with Crippen LogP contribution in [0.4, 0.5) is 0 Å². The quantitative estimate of drug-likeness (QED) is 0.723. The van der Waals surface area contributed by atoms with Crippen molar-refractivity contribution in [2.75, 3.05) is 6.54 Å². The summed E-state index contributed by atoms with van der Waals surface area (Å²) in [6.45, 7) is 3.36. The fraction of sp³-hybridized carbons (Fsp3) is 0.300.